The van der Waals surface area contributed by atoms with E-state index in [4.69, 9.17) is 4.74 Å². The van der Waals surface area contributed by atoms with Crippen molar-refractivity contribution in [1.29, 1.82) is 0 Å². The van der Waals surface area contributed by atoms with Crippen LogP contribution >= 0.6 is 11.3 Å². The zero-order valence-electron chi connectivity index (χ0n) is 17.5. The van der Waals surface area contributed by atoms with Crippen LogP contribution in [0.25, 0.3) is 0 Å². The van der Waals surface area contributed by atoms with E-state index in [0.717, 1.165) is 17.7 Å². The molecule has 160 valence electrons. The first-order valence-corrected chi connectivity index (χ1v) is 11.3. The average molecular weight is 435 g/mol. The van der Waals surface area contributed by atoms with Crippen LogP contribution in [-0.2, 0) is 11.2 Å². The second-order valence-electron chi connectivity index (χ2n) is 7.74. The second-order valence-corrected chi connectivity index (χ2v) is 8.68. The molecule has 3 aromatic rings. The predicted octanol–water partition coefficient (Wildman–Crippen LogP) is 4.11. The lowest BCUT2D eigenvalue weighted by molar-refractivity contribution is -0.132. The van der Waals surface area contributed by atoms with Crippen molar-refractivity contribution in [1.82, 2.24) is 10.2 Å². The fourth-order valence-electron chi connectivity index (χ4n) is 4.02. The van der Waals surface area contributed by atoms with Gasteiger partial charge in [0.25, 0.3) is 5.91 Å². The molecule has 0 radical (unpaired) electrons. The van der Waals surface area contributed by atoms with Crippen molar-refractivity contribution in [3.05, 3.63) is 88.1 Å². The molecule has 2 atom stereocenters. The highest BCUT2D eigenvalue weighted by Crippen LogP contribution is 2.29. The Morgan fingerprint density at radius 1 is 1.10 bits per heavy atom. The third kappa shape index (κ3) is 5.14. The van der Waals surface area contributed by atoms with Crippen molar-refractivity contribution < 1.29 is 14.3 Å². The molecule has 0 saturated carbocycles. The number of nitrogens with zero attached hydrogens (tertiary/aromatic N) is 1. The summed E-state index contributed by atoms with van der Waals surface area (Å²) in [6.45, 7) is 1.35. The van der Waals surface area contributed by atoms with Gasteiger partial charge in [0.1, 0.15) is 11.8 Å². The number of rotatable bonds is 7. The molecule has 2 unspecified atom stereocenters. The van der Waals surface area contributed by atoms with E-state index in [-0.39, 0.29) is 11.8 Å². The van der Waals surface area contributed by atoms with Crippen LogP contribution in [0.15, 0.2) is 72.1 Å². The first-order chi connectivity index (χ1) is 15.1. The van der Waals surface area contributed by atoms with Crippen molar-refractivity contribution in [3.63, 3.8) is 0 Å². The number of amides is 2. The van der Waals surface area contributed by atoms with Crippen LogP contribution in [0, 0.1) is 0 Å². The topological polar surface area (TPSA) is 58.6 Å². The van der Waals surface area contributed by atoms with E-state index < -0.39 is 6.04 Å². The van der Waals surface area contributed by atoms with Gasteiger partial charge in [0.2, 0.25) is 5.91 Å². The number of methoxy groups -OCH3 is 1. The number of carbonyl (C=O) groups is 2. The first-order valence-electron chi connectivity index (χ1n) is 10.4. The molecule has 0 spiro atoms. The van der Waals surface area contributed by atoms with Crippen LogP contribution < -0.4 is 10.1 Å². The summed E-state index contributed by atoms with van der Waals surface area (Å²) in [4.78, 5) is 28.6. The minimum Gasteiger partial charge on any atom is -0.497 e. The molecule has 4 rings (SSSR count). The van der Waals surface area contributed by atoms with Crippen molar-refractivity contribution in [2.45, 2.75) is 24.8 Å². The van der Waals surface area contributed by atoms with Crippen LogP contribution in [0.3, 0.4) is 0 Å². The maximum absolute atomic E-state index is 13.4. The van der Waals surface area contributed by atoms with Crippen molar-refractivity contribution in [3.8, 4) is 5.75 Å². The number of hydrogen-bond donors (Lipinski definition) is 1. The largest absolute Gasteiger partial charge is 0.497 e. The van der Waals surface area contributed by atoms with E-state index in [9.17, 15) is 9.59 Å². The molecule has 1 saturated heterocycles. The van der Waals surface area contributed by atoms with Crippen molar-refractivity contribution >= 4 is 23.2 Å². The van der Waals surface area contributed by atoms with E-state index in [1.807, 2.05) is 58.8 Å². The summed E-state index contributed by atoms with van der Waals surface area (Å²) in [6.07, 6.45) is 1.38. The van der Waals surface area contributed by atoms with Gasteiger partial charge >= 0.3 is 0 Å². The molecule has 1 aliphatic rings. The second kappa shape index (κ2) is 9.79. The number of hydrogen-bond acceptors (Lipinski definition) is 4. The van der Waals surface area contributed by atoms with Gasteiger partial charge in [-0.15, -0.1) is 11.3 Å². The lowest BCUT2D eigenvalue weighted by Crippen LogP contribution is -2.49. The Balaban J connectivity index is 1.47. The highest BCUT2D eigenvalue weighted by molar-refractivity contribution is 7.12. The quantitative estimate of drug-likeness (QED) is 0.609. The van der Waals surface area contributed by atoms with Gasteiger partial charge in [0, 0.05) is 25.4 Å². The molecule has 1 N–H and O–H groups in total. The average Bonchev–Trinajstić information content (AvgIpc) is 3.51. The Hall–Kier alpha value is -3.12. The number of carbonyl (C=O) groups excluding carboxylic acids is 2. The molecule has 1 aromatic heterocycles. The van der Waals surface area contributed by atoms with E-state index in [0.29, 0.717) is 30.3 Å². The van der Waals surface area contributed by atoms with Crippen LogP contribution in [0.4, 0.5) is 0 Å². The predicted molar refractivity (Wildman–Crippen MR) is 123 cm³/mol. The van der Waals surface area contributed by atoms with Crippen molar-refractivity contribution in [2.24, 2.45) is 0 Å². The summed E-state index contributed by atoms with van der Waals surface area (Å²) in [6, 6.07) is 20.9. The maximum Gasteiger partial charge on any atom is 0.262 e. The zero-order chi connectivity index (χ0) is 21.6. The van der Waals surface area contributed by atoms with Crippen LogP contribution in [0.1, 0.15) is 33.1 Å². The van der Waals surface area contributed by atoms with E-state index in [2.05, 4.69) is 17.4 Å². The number of thiophene rings is 1. The normalized spacial score (nSPS) is 16.7. The molecule has 5 nitrogen and oxygen atoms in total. The number of ether oxygens (including phenoxy) is 1. The van der Waals surface area contributed by atoms with Gasteiger partial charge < -0.3 is 15.0 Å². The zero-order valence-corrected chi connectivity index (χ0v) is 18.3. The van der Waals surface area contributed by atoms with Gasteiger partial charge in [-0.2, -0.15) is 0 Å². The van der Waals surface area contributed by atoms with Gasteiger partial charge in [-0.1, -0.05) is 48.5 Å². The van der Waals surface area contributed by atoms with Gasteiger partial charge in [0.05, 0.1) is 12.0 Å². The Kier molecular flexibility index (Phi) is 6.67. The summed E-state index contributed by atoms with van der Waals surface area (Å²) >= 11 is 1.38. The van der Waals surface area contributed by atoms with Crippen molar-refractivity contribution in [2.75, 3.05) is 20.2 Å². The summed E-state index contributed by atoms with van der Waals surface area (Å²) in [5.74, 6) is 0.897. The number of benzene rings is 2. The Bertz CT molecular complexity index is 1000. The summed E-state index contributed by atoms with van der Waals surface area (Å²) in [5.41, 5.74) is 2.23. The minimum absolute atomic E-state index is 0.0234. The smallest absolute Gasteiger partial charge is 0.262 e. The van der Waals surface area contributed by atoms with Gasteiger partial charge in [-0.05, 0) is 41.1 Å². The van der Waals surface area contributed by atoms with Crippen LogP contribution in [-0.4, -0.2) is 43.0 Å². The molecule has 1 aliphatic heterocycles. The Morgan fingerprint density at radius 3 is 2.55 bits per heavy atom. The SMILES string of the molecule is COc1ccc(C2CCN(C(=O)C(Cc3ccccc3)NC(=O)c3cccs3)C2)cc1. The number of likely N-dealkylation sites (tertiary alicyclic amines) is 1. The maximum atomic E-state index is 13.4. The third-order valence-electron chi connectivity index (χ3n) is 5.72. The van der Waals surface area contributed by atoms with E-state index in [1.165, 1.54) is 16.9 Å². The molecule has 0 aliphatic carbocycles. The van der Waals surface area contributed by atoms with E-state index >= 15 is 0 Å². The van der Waals surface area contributed by atoms with Crippen LogP contribution in [0.2, 0.25) is 0 Å². The standard InChI is InChI=1S/C25H26N2O3S/c1-30-21-11-9-19(10-12-21)20-13-14-27(17-20)25(29)22(16-18-6-3-2-4-7-18)26-24(28)23-8-5-15-31-23/h2-12,15,20,22H,13-14,16-17H2,1H3,(H,26,28). The highest BCUT2D eigenvalue weighted by Gasteiger charge is 2.32. The van der Waals surface area contributed by atoms with Gasteiger partial charge in [-0.25, -0.2) is 0 Å². The first kappa shape index (κ1) is 21.1. The molecule has 1 fully saturated rings. The molecular formula is C25H26N2O3S. The molecule has 2 aromatic carbocycles. The fourth-order valence-corrected chi connectivity index (χ4v) is 4.64. The molecule has 0 bridgehead atoms. The molecule has 6 heteroatoms. The van der Waals surface area contributed by atoms with Gasteiger partial charge in [-0.3, -0.25) is 9.59 Å². The monoisotopic (exact) mass is 434 g/mol. The summed E-state index contributed by atoms with van der Waals surface area (Å²) in [7, 11) is 1.66. The number of nitrogens with one attached hydrogen (secondary N) is 1. The minimum atomic E-state index is -0.591. The highest BCUT2D eigenvalue weighted by atomic mass is 32.1. The Labute approximate surface area is 186 Å². The third-order valence-corrected chi connectivity index (χ3v) is 6.59. The molecule has 31 heavy (non-hydrogen) atoms. The molecule has 2 heterocycles. The Morgan fingerprint density at radius 2 is 1.87 bits per heavy atom. The van der Waals surface area contributed by atoms with Crippen LogP contribution in [0.5, 0.6) is 5.75 Å². The molecular weight excluding hydrogens is 408 g/mol. The summed E-state index contributed by atoms with van der Waals surface area (Å²) in [5, 5.41) is 4.84. The fraction of sp³-hybridized carbons (Fsp3) is 0.280. The molecule has 2 amide bonds. The lowest BCUT2D eigenvalue weighted by Gasteiger charge is -2.24. The van der Waals surface area contributed by atoms with E-state index in [1.54, 1.807) is 13.2 Å². The lowest BCUT2D eigenvalue weighted by atomic mass is 9.98. The van der Waals surface area contributed by atoms with Gasteiger partial charge in [0.15, 0.2) is 0 Å². The summed E-state index contributed by atoms with van der Waals surface area (Å²) < 4.78 is 5.24.